The van der Waals surface area contributed by atoms with Crippen LogP contribution in [0.5, 0.6) is 0 Å². The van der Waals surface area contributed by atoms with E-state index in [-0.39, 0.29) is 6.10 Å². The summed E-state index contributed by atoms with van der Waals surface area (Å²) < 4.78 is 8.03. The van der Waals surface area contributed by atoms with Gasteiger partial charge in [0, 0.05) is 30.7 Å². The molecule has 1 aliphatic rings. The van der Waals surface area contributed by atoms with Crippen LogP contribution in [-0.2, 0) is 24.1 Å². The SMILES string of the molecule is CCCOC1Cc2c(-c3nn[nH]n3)nn(Cc3ccccc3)c2C1. The van der Waals surface area contributed by atoms with Crippen molar-refractivity contribution in [2.24, 2.45) is 0 Å². The summed E-state index contributed by atoms with van der Waals surface area (Å²) in [6.45, 7) is 3.66. The Kier molecular flexibility index (Phi) is 4.08. The van der Waals surface area contributed by atoms with Crippen molar-refractivity contribution in [3.63, 3.8) is 0 Å². The van der Waals surface area contributed by atoms with Crippen LogP contribution in [0, 0.1) is 0 Å². The summed E-state index contributed by atoms with van der Waals surface area (Å²) in [6, 6.07) is 10.3. The fraction of sp³-hybridized carbons (Fsp3) is 0.412. The number of aromatic nitrogens is 6. The lowest BCUT2D eigenvalue weighted by Crippen LogP contribution is -2.16. The molecule has 0 saturated heterocycles. The maximum absolute atomic E-state index is 5.97. The van der Waals surface area contributed by atoms with Gasteiger partial charge >= 0.3 is 0 Å². The zero-order chi connectivity index (χ0) is 16.4. The fourth-order valence-electron chi connectivity index (χ4n) is 3.22. The highest BCUT2D eigenvalue weighted by Crippen LogP contribution is 2.32. The van der Waals surface area contributed by atoms with Crippen LogP contribution in [0.15, 0.2) is 30.3 Å². The molecule has 7 heteroatoms. The van der Waals surface area contributed by atoms with Gasteiger partial charge in [0.2, 0.25) is 5.82 Å². The van der Waals surface area contributed by atoms with E-state index in [0.717, 1.165) is 38.1 Å². The Hall–Kier alpha value is -2.54. The third-order valence-electron chi connectivity index (χ3n) is 4.31. The second-order valence-electron chi connectivity index (χ2n) is 6.05. The summed E-state index contributed by atoms with van der Waals surface area (Å²) >= 11 is 0. The van der Waals surface area contributed by atoms with Crippen molar-refractivity contribution in [2.45, 2.75) is 38.8 Å². The predicted octanol–water partition coefficient (Wildman–Crippen LogP) is 2.01. The van der Waals surface area contributed by atoms with Gasteiger partial charge in [-0.05, 0) is 17.2 Å². The number of aromatic amines is 1. The first-order valence-electron chi connectivity index (χ1n) is 8.33. The molecule has 0 spiro atoms. The van der Waals surface area contributed by atoms with Crippen molar-refractivity contribution >= 4 is 0 Å². The smallest absolute Gasteiger partial charge is 0.225 e. The molecule has 1 N–H and O–H groups in total. The normalized spacial score (nSPS) is 16.5. The minimum Gasteiger partial charge on any atom is -0.377 e. The van der Waals surface area contributed by atoms with Crippen molar-refractivity contribution in [2.75, 3.05) is 6.61 Å². The summed E-state index contributed by atoms with van der Waals surface area (Å²) in [4.78, 5) is 0. The average molecular weight is 324 g/mol. The van der Waals surface area contributed by atoms with Gasteiger partial charge in [0.1, 0.15) is 5.69 Å². The highest BCUT2D eigenvalue weighted by molar-refractivity contribution is 5.57. The second-order valence-corrected chi connectivity index (χ2v) is 6.05. The highest BCUT2D eigenvalue weighted by atomic mass is 16.5. The Labute approximate surface area is 140 Å². The summed E-state index contributed by atoms with van der Waals surface area (Å²) in [5.74, 6) is 0.550. The standard InChI is InChI=1S/C17H20N6O/c1-2-8-24-13-9-14-15(10-13)23(11-12-6-4-3-5-7-12)20-16(14)17-18-21-22-19-17/h3-7,13H,2,8-11H2,1H3,(H,18,19,21,22). The number of nitrogens with zero attached hydrogens (tertiary/aromatic N) is 5. The van der Waals surface area contributed by atoms with E-state index in [1.807, 2.05) is 18.2 Å². The highest BCUT2D eigenvalue weighted by Gasteiger charge is 2.31. The lowest BCUT2D eigenvalue weighted by molar-refractivity contribution is 0.0602. The average Bonchev–Trinajstić information content (AvgIpc) is 3.32. The van der Waals surface area contributed by atoms with Crippen molar-refractivity contribution in [3.05, 3.63) is 47.2 Å². The Morgan fingerprint density at radius 3 is 2.88 bits per heavy atom. The third kappa shape index (κ3) is 2.82. The maximum atomic E-state index is 5.97. The summed E-state index contributed by atoms with van der Waals surface area (Å²) in [6.07, 6.45) is 2.98. The first-order valence-corrected chi connectivity index (χ1v) is 8.33. The molecule has 0 amide bonds. The van der Waals surface area contributed by atoms with Crippen LogP contribution in [0.4, 0.5) is 0 Å². The summed E-state index contributed by atoms with van der Waals surface area (Å²) in [5.41, 5.74) is 4.45. The number of H-pyrrole nitrogens is 1. The van der Waals surface area contributed by atoms with Gasteiger partial charge in [-0.2, -0.15) is 10.3 Å². The van der Waals surface area contributed by atoms with Crippen LogP contribution in [-0.4, -0.2) is 43.1 Å². The molecule has 0 fully saturated rings. The van der Waals surface area contributed by atoms with Gasteiger partial charge in [-0.3, -0.25) is 4.68 Å². The molecule has 7 nitrogen and oxygen atoms in total. The monoisotopic (exact) mass is 324 g/mol. The van der Waals surface area contributed by atoms with E-state index in [9.17, 15) is 0 Å². The fourth-order valence-corrected chi connectivity index (χ4v) is 3.22. The number of nitrogens with one attached hydrogen (secondary N) is 1. The number of tetrazole rings is 1. The molecular formula is C17H20N6O. The molecule has 2 aromatic heterocycles. The number of rotatable bonds is 6. The minimum atomic E-state index is 0.214. The van der Waals surface area contributed by atoms with Gasteiger partial charge in [0.25, 0.3) is 0 Å². The molecule has 24 heavy (non-hydrogen) atoms. The van der Waals surface area contributed by atoms with Gasteiger partial charge in [0.05, 0.1) is 12.6 Å². The van der Waals surface area contributed by atoms with Crippen LogP contribution in [0.2, 0.25) is 0 Å². The van der Waals surface area contributed by atoms with E-state index < -0.39 is 0 Å². The van der Waals surface area contributed by atoms with Gasteiger partial charge in [-0.25, -0.2) is 0 Å². The Morgan fingerprint density at radius 1 is 1.25 bits per heavy atom. The van der Waals surface area contributed by atoms with Gasteiger partial charge in [-0.15, -0.1) is 10.2 Å². The molecule has 3 aromatic rings. The molecule has 1 aliphatic carbocycles. The van der Waals surface area contributed by atoms with Crippen LogP contribution in [0.1, 0.15) is 30.2 Å². The van der Waals surface area contributed by atoms with E-state index in [1.54, 1.807) is 0 Å². The number of hydrogen-bond acceptors (Lipinski definition) is 5. The van der Waals surface area contributed by atoms with Crippen LogP contribution < -0.4 is 0 Å². The number of ether oxygens (including phenoxy) is 1. The van der Waals surface area contributed by atoms with Gasteiger partial charge in [-0.1, -0.05) is 37.3 Å². The molecule has 0 bridgehead atoms. The number of fused-ring (bicyclic) bond motifs is 1. The van der Waals surface area contributed by atoms with E-state index in [0.29, 0.717) is 5.82 Å². The van der Waals surface area contributed by atoms with Crippen molar-refractivity contribution in [3.8, 4) is 11.5 Å². The van der Waals surface area contributed by atoms with Gasteiger partial charge < -0.3 is 4.74 Å². The second kappa shape index (κ2) is 6.52. The molecular weight excluding hydrogens is 304 g/mol. The van der Waals surface area contributed by atoms with Crippen LogP contribution in [0.3, 0.4) is 0 Å². The van der Waals surface area contributed by atoms with Crippen LogP contribution in [0.25, 0.3) is 11.5 Å². The van der Waals surface area contributed by atoms with Crippen molar-refractivity contribution in [1.29, 1.82) is 0 Å². The van der Waals surface area contributed by atoms with E-state index in [1.165, 1.54) is 16.8 Å². The molecule has 2 heterocycles. The predicted molar refractivity (Wildman–Crippen MR) is 88.4 cm³/mol. The molecule has 0 radical (unpaired) electrons. The maximum Gasteiger partial charge on any atom is 0.225 e. The molecule has 1 atom stereocenters. The van der Waals surface area contributed by atoms with Crippen molar-refractivity contribution < 1.29 is 4.74 Å². The molecule has 124 valence electrons. The first kappa shape index (κ1) is 15.0. The zero-order valence-electron chi connectivity index (χ0n) is 13.6. The quantitative estimate of drug-likeness (QED) is 0.750. The molecule has 4 rings (SSSR count). The number of benzene rings is 1. The lowest BCUT2D eigenvalue weighted by Gasteiger charge is -2.11. The van der Waals surface area contributed by atoms with Crippen LogP contribution >= 0.6 is 0 Å². The molecule has 1 unspecified atom stereocenters. The van der Waals surface area contributed by atoms with E-state index in [4.69, 9.17) is 9.84 Å². The largest absolute Gasteiger partial charge is 0.377 e. The molecule has 1 aromatic carbocycles. The summed E-state index contributed by atoms with van der Waals surface area (Å²) in [5, 5.41) is 19.2. The zero-order valence-corrected chi connectivity index (χ0v) is 13.6. The van der Waals surface area contributed by atoms with E-state index in [2.05, 4.69) is 44.4 Å². The topological polar surface area (TPSA) is 81.5 Å². The van der Waals surface area contributed by atoms with E-state index >= 15 is 0 Å². The Balaban J connectivity index is 1.67. The molecule has 0 saturated carbocycles. The van der Waals surface area contributed by atoms with Crippen molar-refractivity contribution in [1.82, 2.24) is 30.4 Å². The lowest BCUT2D eigenvalue weighted by atomic mass is 10.2. The summed E-state index contributed by atoms with van der Waals surface area (Å²) in [7, 11) is 0. The molecule has 0 aliphatic heterocycles. The number of hydrogen-bond donors (Lipinski definition) is 1. The Morgan fingerprint density at radius 2 is 2.12 bits per heavy atom. The first-order chi connectivity index (χ1) is 11.8. The minimum absolute atomic E-state index is 0.214. The van der Waals surface area contributed by atoms with Gasteiger partial charge in [0.15, 0.2) is 0 Å². The third-order valence-corrected chi connectivity index (χ3v) is 4.31. The Bertz CT molecular complexity index is 796.